The van der Waals surface area contributed by atoms with Crippen LogP contribution in [0, 0.1) is 0 Å². The lowest BCUT2D eigenvalue weighted by atomic mass is 10.2. The molecule has 0 aromatic heterocycles. The van der Waals surface area contributed by atoms with Crippen LogP contribution in [0.15, 0.2) is 5.16 Å². The molecule has 3 N–H and O–H groups in total. The quantitative estimate of drug-likeness (QED) is 0.220. The Bertz CT molecular complexity index is 188. The highest BCUT2D eigenvalue weighted by Gasteiger charge is 2.10. The van der Waals surface area contributed by atoms with E-state index in [4.69, 9.17) is 10.9 Å². The first-order valence-electron chi connectivity index (χ1n) is 5.36. The molecular formula is C10H23N3OS. The number of nitrogens with two attached hydrogens (primary N) is 1. The third-order valence-electron chi connectivity index (χ3n) is 2.39. The monoisotopic (exact) mass is 233 g/mol. The van der Waals surface area contributed by atoms with E-state index in [0.29, 0.717) is 18.3 Å². The molecule has 0 bridgehead atoms. The van der Waals surface area contributed by atoms with Crippen molar-refractivity contribution in [3.63, 3.8) is 0 Å². The highest BCUT2D eigenvalue weighted by molar-refractivity contribution is 7.99. The second kappa shape index (κ2) is 8.85. The molecule has 0 rings (SSSR count). The Morgan fingerprint density at radius 2 is 2.27 bits per heavy atom. The highest BCUT2D eigenvalue weighted by atomic mass is 32.2. The Kier molecular flexibility index (Phi) is 8.61. The van der Waals surface area contributed by atoms with E-state index >= 15 is 0 Å². The predicted molar refractivity (Wildman–Crippen MR) is 67.7 cm³/mol. The zero-order valence-corrected chi connectivity index (χ0v) is 10.8. The molecule has 0 saturated heterocycles. The Hall–Kier alpha value is -0.420. The number of thioether (sulfide) groups is 1. The molecule has 0 fully saturated rings. The van der Waals surface area contributed by atoms with E-state index in [0.717, 1.165) is 6.54 Å². The van der Waals surface area contributed by atoms with Gasteiger partial charge in [-0.25, -0.2) is 0 Å². The lowest BCUT2D eigenvalue weighted by Crippen LogP contribution is -2.34. The van der Waals surface area contributed by atoms with Crippen LogP contribution in [0.2, 0.25) is 0 Å². The van der Waals surface area contributed by atoms with Crippen molar-refractivity contribution in [1.82, 2.24) is 4.90 Å². The molecule has 0 radical (unpaired) electrons. The van der Waals surface area contributed by atoms with Crippen molar-refractivity contribution in [2.75, 3.05) is 25.1 Å². The van der Waals surface area contributed by atoms with Gasteiger partial charge in [-0.1, -0.05) is 12.1 Å². The van der Waals surface area contributed by atoms with E-state index in [-0.39, 0.29) is 0 Å². The normalized spacial score (nSPS) is 14.5. The van der Waals surface area contributed by atoms with Gasteiger partial charge in [0, 0.05) is 12.5 Å². The van der Waals surface area contributed by atoms with Gasteiger partial charge in [0.05, 0.1) is 0 Å². The number of rotatable bonds is 8. The lowest BCUT2D eigenvalue weighted by molar-refractivity contribution is 0.260. The van der Waals surface area contributed by atoms with Crippen LogP contribution in [0.25, 0.3) is 0 Å². The average Bonchev–Trinajstić information content (AvgIpc) is 2.23. The van der Waals surface area contributed by atoms with E-state index in [1.807, 2.05) is 11.8 Å². The summed E-state index contributed by atoms with van der Waals surface area (Å²) >= 11 is 1.97. The summed E-state index contributed by atoms with van der Waals surface area (Å²) in [5, 5.41) is 11.4. The summed E-state index contributed by atoms with van der Waals surface area (Å²) in [5.74, 6) is 2.69. The van der Waals surface area contributed by atoms with E-state index in [9.17, 15) is 0 Å². The van der Waals surface area contributed by atoms with Crippen LogP contribution in [-0.2, 0) is 0 Å². The van der Waals surface area contributed by atoms with Gasteiger partial charge in [-0.2, -0.15) is 11.8 Å². The second-order valence-corrected chi connectivity index (χ2v) is 5.07. The van der Waals surface area contributed by atoms with Crippen molar-refractivity contribution >= 4 is 17.6 Å². The lowest BCUT2D eigenvalue weighted by Gasteiger charge is -2.23. The van der Waals surface area contributed by atoms with Gasteiger partial charge in [0.15, 0.2) is 0 Å². The first-order chi connectivity index (χ1) is 7.11. The number of nitrogens with zero attached hydrogens (tertiary/aromatic N) is 2. The van der Waals surface area contributed by atoms with Gasteiger partial charge in [-0.15, -0.1) is 0 Å². The fourth-order valence-electron chi connectivity index (χ4n) is 1.28. The van der Waals surface area contributed by atoms with Crippen LogP contribution >= 0.6 is 11.8 Å². The van der Waals surface area contributed by atoms with Crippen molar-refractivity contribution in [3.8, 4) is 0 Å². The van der Waals surface area contributed by atoms with Gasteiger partial charge in [0.25, 0.3) is 0 Å². The average molecular weight is 233 g/mol. The first kappa shape index (κ1) is 14.6. The van der Waals surface area contributed by atoms with Crippen LogP contribution < -0.4 is 5.73 Å². The number of hydrogen-bond donors (Lipinski definition) is 2. The second-order valence-electron chi connectivity index (χ2n) is 3.68. The molecule has 0 spiro atoms. The van der Waals surface area contributed by atoms with Gasteiger partial charge < -0.3 is 15.8 Å². The molecule has 0 aromatic carbocycles. The molecule has 1 unspecified atom stereocenters. The van der Waals surface area contributed by atoms with E-state index in [1.54, 1.807) is 0 Å². The Balaban J connectivity index is 3.64. The van der Waals surface area contributed by atoms with E-state index < -0.39 is 0 Å². The number of amidine groups is 1. The van der Waals surface area contributed by atoms with Crippen LogP contribution in [0.3, 0.4) is 0 Å². The van der Waals surface area contributed by atoms with Crippen LogP contribution in [0.5, 0.6) is 0 Å². The molecular weight excluding hydrogens is 210 g/mol. The summed E-state index contributed by atoms with van der Waals surface area (Å²) in [6, 6.07) is 0.326. The fraction of sp³-hybridized carbons (Fsp3) is 0.900. The van der Waals surface area contributed by atoms with Crippen molar-refractivity contribution < 1.29 is 5.21 Å². The Labute approximate surface area is 96.9 Å². The fourth-order valence-corrected chi connectivity index (χ4v) is 1.90. The molecule has 1 atom stereocenters. The standard InChI is InChI=1S/C10H23N3OS/c1-4-15-7-5-6-13(3)9(2)8-10(11)12-14/h9,14H,4-8H2,1-3H3,(H2,11,12). The largest absolute Gasteiger partial charge is 0.409 e. The van der Waals surface area contributed by atoms with Crippen LogP contribution in [0.1, 0.15) is 26.7 Å². The van der Waals surface area contributed by atoms with Crippen molar-refractivity contribution in [1.29, 1.82) is 0 Å². The van der Waals surface area contributed by atoms with Gasteiger partial charge in [0.2, 0.25) is 0 Å². The molecule has 0 aromatic rings. The Morgan fingerprint density at radius 1 is 1.60 bits per heavy atom. The maximum atomic E-state index is 8.45. The molecule has 90 valence electrons. The van der Waals surface area contributed by atoms with Gasteiger partial charge in [-0.05, 0) is 38.4 Å². The maximum absolute atomic E-state index is 8.45. The number of hydrogen-bond acceptors (Lipinski definition) is 4. The van der Waals surface area contributed by atoms with Gasteiger partial charge in [-0.3, -0.25) is 0 Å². The van der Waals surface area contributed by atoms with Crippen molar-refractivity contribution in [3.05, 3.63) is 0 Å². The summed E-state index contributed by atoms with van der Waals surface area (Å²) in [5.41, 5.74) is 5.46. The summed E-state index contributed by atoms with van der Waals surface area (Å²) in [6.07, 6.45) is 1.81. The SMILES string of the molecule is CCSCCCN(C)C(C)CC(N)=NO. The van der Waals surface area contributed by atoms with E-state index in [2.05, 4.69) is 31.0 Å². The summed E-state index contributed by atoms with van der Waals surface area (Å²) in [6.45, 7) is 5.33. The Morgan fingerprint density at radius 3 is 2.80 bits per heavy atom. The van der Waals surface area contributed by atoms with Gasteiger partial charge in [0.1, 0.15) is 5.84 Å². The maximum Gasteiger partial charge on any atom is 0.140 e. The zero-order chi connectivity index (χ0) is 11.7. The van der Waals surface area contributed by atoms with Crippen LogP contribution in [0.4, 0.5) is 0 Å². The third kappa shape index (κ3) is 7.50. The molecule has 5 heteroatoms. The first-order valence-corrected chi connectivity index (χ1v) is 6.51. The molecule has 0 aliphatic rings. The van der Waals surface area contributed by atoms with Crippen LogP contribution in [-0.4, -0.2) is 47.1 Å². The van der Waals surface area contributed by atoms with Crippen molar-refractivity contribution in [2.45, 2.75) is 32.7 Å². The molecule has 0 saturated carbocycles. The van der Waals surface area contributed by atoms with E-state index in [1.165, 1.54) is 17.9 Å². The topological polar surface area (TPSA) is 61.8 Å². The number of oxime groups is 1. The zero-order valence-electron chi connectivity index (χ0n) is 9.94. The predicted octanol–water partition coefficient (Wildman–Crippen LogP) is 1.59. The summed E-state index contributed by atoms with van der Waals surface area (Å²) < 4.78 is 0. The minimum absolute atomic E-state index is 0.303. The summed E-state index contributed by atoms with van der Waals surface area (Å²) in [4.78, 5) is 2.24. The third-order valence-corrected chi connectivity index (χ3v) is 3.37. The van der Waals surface area contributed by atoms with Gasteiger partial charge >= 0.3 is 0 Å². The summed E-state index contributed by atoms with van der Waals surface area (Å²) in [7, 11) is 2.08. The minimum Gasteiger partial charge on any atom is -0.409 e. The molecule has 15 heavy (non-hydrogen) atoms. The molecule has 4 nitrogen and oxygen atoms in total. The molecule has 0 aliphatic carbocycles. The molecule has 0 heterocycles. The van der Waals surface area contributed by atoms with Crippen molar-refractivity contribution in [2.24, 2.45) is 10.9 Å². The molecule has 0 aliphatic heterocycles. The molecule has 0 amide bonds. The highest BCUT2D eigenvalue weighted by Crippen LogP contribution is 2.05. The smallest absolute Gasteiger partial charge is 0.140 e. The minimum atomic E-state index is 0.303.